The van der Waals surface area contributed by atoms with Gasteiger partial charge >= 0.3 is 18.0 Å². The van der Waals surface area contributed by atoms with Gasteiger partial charge in [-0.25, -0.2) is 19.0 Å². The fourth-order valence-corrected chi connectivity index (χ4v) is 6.82. The van der Waals surface area contributed by atoms with Crippen LogP contribution in [0, 0.1) is 11.7 Å². The average molecular weight is 633 g/mol. The molecular formula is C29H34ClFN6O5S. The molecule has 2 N–H and O–H groups in total. The van der Waals surface area contributed by atoms with Crippen LogP contribution in [0.5, 0.6) is 0 Å². The fourth-order valence-electron chi connectivity index (χ4n) is 6.01. The average Bonchev–Trinajstić information content (AvgIpc) is 3.73. The quantitative estimate of drug-likeness (QED) is 0.379. The van der Waals surface area contributed by atoms with Gasteiger partial charge in [0.1, 0.15) is 11.9 Å². The number of nitrogens with zero attached hydrogens (tertiary/aromatic N) is 5. The number of amides is 2. The highest BCUT2D eigenvalue weighted by Gasteiger charge is 2.43. The molecule has 1 saturated carbocycles. The number of rotatable bonds is 10. The molecule has 230 valence electrons. The van der Waals surface area contributed by atoms with Gasteiger partial charge in [0, 0.05) is 55.6 Å². The van der Waals surface area contributed by atoms with E-state index in [4.69, 9.17) is 21.3 Å². The first-order chi connectivity index (χ1) is 20.6. The van der Waals surface area contributed by atoms with Gasteiger partial charge in [0.15, 0.2) is 10.8 Å². The number of urea groups is 1. The van der Waals surface area contributed by atoms with E-state index in [2.05, 4.69) is 10.3 Å². The Bertz CT molecular complexity index is 1450. The summed E-state index contributed by atoms with van der Waals surface area (Å²) in [4.78, 5) is 52.6. The van der Waals surface area contributed by atoms with Crippen molar-refractivity contribution in [3.8, 4) is 0 Å². The van der Waals surface area contributed by atoms with Crippen molar-refractivity contribution in [3.63, 3.8) is 0 Å². The van der Waals surface area contributed by atoms with Crippen LogP contribution in [0.4, 0.5) is 9.18 Å². The van der Waals surface area contributed by atoms with E-state index in [1.165, 1.54) is 23.5 Å². The van der Waals surface area contributed by atoms with Crippen molar-refractivity contribution in [2.24, 2.45) is 10.9 Å². The van der Waals surface area contributed by atoms with Crippen molar-refractivity contribution in [3.05, 3.63) is 62.5 Å². The number of esters is 1. The molecule has 5 rings (SSSR count). The number of hydrogen-bond acceptors (Lipinski definition) is 9. The lowest BCUT2D eigenvalue weighted by Gasteiger charge is -2.31. The molecular weight excluding hydrogens is 599 g/mol. The molecule has 14 heteroatoms. The van der Waals surface area contributed by atoms with E-state index in [1.54, 1.807) is 36.0 Å². The first-order valence-corrected chi connectivity index (χ1v) is 15.4. The first kappa shape index (κ1) is 30.9. The predicted molar refractivity (Wildman–Crippen MR) is 160 cm³/mol. The molecule has 0 spiro atoms. The number of thiazole rings is 1. The SMILES string of the molecule is CCOC(=O)C1=C(CN(C)C[C@H]2CN(C3CCC(C(=O)O)C3)C(=O)N2C)NC(c2nccs2)=N[C@H]1c1cccc(F)c1Cl. The molecule has 43 heavy (non-hydrogen) atoms. The second-order valence-corrected chi connectivity index (χ2v) is 12.3. The minimum Gasteiger partial charge on any atom is -0.481 e. The summed E-state index contributed by atoms with van der Waals surface area (Å²) in [7, 11) is 3.63. The van der Waals surface area contributed by atoms with Crippen molar-refractivity contribution in [1.29, 1.82) is 0 Å². The molecule has 2 amide bonds. The summed E-state index contributed by atoms with van der Waals surface area (Å²) in [5.74, 6) is -2.04. The van der Waals surface area contributed by atoms with Gasteiger partial charge in [0.05, 0.1) is 29.2 Å². The highest BCUT2D eigenvalue weighted by atomic mass is 35.5. The molecule has 2 aromatic rings. The molecule has 3 heterocycles. The van der Waals surface area contributed by atoms with Gasteiger partial charge in [0.25, 0.3) is 0 Å². The van der Waals surface area contributed by atoms with Gasteiger partial charge in [-0.1, -0.05) is 23.7 Å². The molecule has 2 unspecified atom stereocenters. The zero-order valence-corrected chi connectivity index (χ0v) is 25.7. The maximum atomic E-state index is 14.6. The molecule has 4 atom stereocenters. The Kier molecular flexibility index (Phi) is 9.33. The minimum atomic E-state index is -0.943. The Labute approximate surface area is 258 Å². The normalized spacial score (nSPS) is 24.0. The molecule has 1 aromatic heterocycles. The Morgan fingerprint density at radius 1 is 1.33 bits per heavy atom. The van der Waals surface area contributed by atoms with Crippen LogP contribution in [-0.2, 0) is 14.3 Å². The van der Waals surface area contributed by atoms with Crippen LogP contribution >= 0.6 is 22.9 Å². The standard InChI is InChI=1S/C29H34ClFN6O5S/c1-4-42-28(40)22-21(33-25(26-32-10-11-43-26)34-24(22)19-6-5-7-20(31)23(19)30)15-35(2)13-18-14-37(29(41)36(18)3)17-9-8-16(12-17)27(38)39/h5-7,10-11,16-18,24H,4,8-9,12-15H2,1-3H3,(H,33,34)(H,38,39)/t16?,17?,18-,24-/m0/s1. The molecule has 1 aromatic carbocycles. The van der Waals surface area contributed by atoms with E-state index in [0.29, 0.717) is 54.5 Å². The zero-order valence-electron chi connectivity index (χ0n) is 24.1. The molecule has 1 saturated heterocycles. The van der Waals surface area contributed by atoms with Crippen LogP contribution < -0.4 is 5.32 Å². The van der Waals surface area contributed by atoms with Gasteiger partial charge < -0.3 is 25.0 Å². The number of aromatic nitrogens is 1. The van der Waals surface area contributed by atoms with E-state index in [0.717, 1.165) is 0 Å². The number of aliphatic imine (C=N–C) groups is 1. The van der Waals surface area contributed by atoms with E-state index >= 15 is 0 Å². The van der Waals surface area contributed by atoms with Crippen molar-refractivity contribution < 1.29 is 28.6 Å². The van der Waals surface area contributed by atoms with Crippen molar-refractivity contribution in [1.82, 2.24) is 25.0 Å². The number of nitrogens with one attached hydrogen (secondary N) is 1. The van der Waals surface area contributed by atoms with E-state index in [9.17, 15) is 23.9 Å². The Hall–Kier alpha value is -3.55. The topological polar surface area (TPSA) is 128 Å². The number of carbonyl (C=O) groups excluding carboxylic acids is 2. The van der Waals surface area contributed by atoms with Crippen LogP contribution in [0.1, 0.15) is 42.8 Å². The van der Waals surface area contributed by atoms with Gasteiger partial charge in [-0.05, 0) is 39.3 Å². The molecule has 2 fully saturated rings. The second-order valence-electron chi connectivity index (χ2n) is 11.0. The lowest BCUT2D eigenvalue weighted by molar-refractivity contribution is -0.141. The summed E-state index contributed by atoms with van der Waals surface area (Å²) in [5.41, 5.74) is 1.05. The summed E-state index contributed by atoms with van der Waals surface area (Å²) < 4.78 is 20.0. The zero-order chi connectivity index (χ0) is 30.8. The second kappa shape index (κ2) is 13.0. The van der Waals surface area contributed by atoms with Crippen molar-refractivity contribution >= 4 is 46.7 Å². The van der Waals surface area contributed by atoms with Crippen LogP contribution in [0.15, 0.2) is 46.0 Å². The Morgan fingerprint density at radius 2 is 2.12 bits per heavy atom. The third-order valence-electron chi connectivity index (χ3n) is 8.18. The maximum Gasteiger partial charge on any atom is 0.338 e. The molecule has 0 bridgehead atoms. The first-order valence-electron chi connectivity index (χ1n) is 14.1. The lowest BCUT2D eigenvalue weighted by Crippen LogP contribution is -2.43. The number of carboxylic acids is 1. The van der Waals surface area contributed by atoms with Gasteiger partial charge in [-0.2, -0.15) is 0 Å². The molecule has 3 aliphatic rings. The van der Waals surface area contributed by atoms with Crippen LogP contribution in [0.2, 0.25) is 5.02 Å². The third-order valence-corrected chi connectivity index (χ3v) is 9.36. The monoisotopic (exact) mass is 632 g/mol. The number of ether oxygens (including phenoxy) is 1. The summed E-state index contributed by atoms with van der Waals surface area (Å²) in [6.07, 6.45) is 3.34. The lowest BCUT2D eigenvalue weighted by atomic mass is 9.95. The minimum absolute atomic E-state index is 0.0988. The number of halogens is 2. The predicted octanol–water partition coefficient (Wildman–Crippen LogP) is 3.77. The molecule has 2 aliphatic heterocycles. The van der Waals surface area contributed by atoms with Gasteiger partial charge in [0.2, 0.25) is 0 Å². The van der Waals surface area contributed by atoms with Crippen LogP contribution in [0.3, 0.4) is 0 Å². The Balaban J connectivity index is 1.41. The summed E-state index contributed by atoms with van der Waals surface area (Å²) in [6.45, 7) is 3.04. The third kappa shape index (κ3) is 6.38. The van der Waals surface area contributed by atoms with Gasteiger partial charge in [-0.15, -0.1) is 11.3 Å². The highest BCUT2D eigenvalue weighted by molar-refractivity contribution is 7.11. The highest BCUT2D eigenvalue weighted by Crippen LogP contribution is 2.38. The van der Waals surface area contributed by atoms with E-state index in [1.807, 2.05) is 17.3 Å². The summed E-state index contributed by atoms with van der Waals surface area (Å²) >= 11 is 7.76. The number of aliphatic carboxylic acids is 1. The largest absolute Gasteiger partial charge is 0.481 e. The fraction of sp³-hybridized carbons (Fsp3) is 0.483. The number of carboxylic acid groups (broad SMARTS) is 1. The number of hydrogen-bond donors (Lipinski definition) is 2. The van der Waals surface area contributed by atoms with Crippen LogP contribution in [0.25, 0.3) is 0 Å². The number of carbonyl (C=O) groups is 3. The van der Waals surface area contributed by atoms with Crippen molar-refractivity contribution in [2.75, 3.05) is 40.3 Å². The maximum absolute atomic E-state index is 14.6. The number of amidine groups is 1. The Morgan fingerprint density at radius 3 is 2.79 bits per heavy atom. The van der Waals surface area contributed by atoms with E-state index in [-0.39, 0.29) is 41.9 Å². The van der Waals surface area contributed by atoms with Crippen molar-refractivity contribution in [2.45, 2.75) is 44.3 Å². The molecule has 0 radical (unpaired) electrons. The van der Waals surface area contributed by atoms with Crippen LogP contribution in [-0.4, -0.2) is 101 Å². The summed E-state index contributed by atoms with van der Waals surface area (Å²) in [6, 6.07) is 3.09. The molecule has 11 nitrogen and oxygen atoms in total. The smallest absolute Gasteiger partial charge is 0.338 e. The summed E-state index contributed by atoms with van der Waals surface area (Å²) in [5, 5.41) is 15.0. The number of likely N-dealkylation sites (N-methyl/N-ethyl adjacent to an activating group) is 2. The van der Waals surface area contributed by atoms with E-state index < -0.39 is 29.7 Å². The molecule has 1 aliphatic carbocycles. The number of benzene rings is 1. The van der Waals surface area contributed by atoms with Gasteiger partial charge in [-0.3, -0.25) is 14.7 Å².